The molecule has 0 bridgehead atoms. The summed E-state index contributed by atoms with van der Waals surface area (Å²) in [6.45, 7) is 4.59. The van der Waals surface area contributed by atoms with Crippen molar-refractivity contribution in [2.24, 2.45) is 0 Å². The van der Waals surface area contributed by atoms with Crippen molar-refractivity contribution >= 4 is 27.5 Å². The summed E-state index contributed by atoms with van der Waals surface area (Å²) in [5.74, 6) is -0.658. The number of methoxy groups -OCH3 is 1. The fraction of sp³-hybridized carbons (Fsp3) is 0.333. The standard InChI is InChI=1S/C30H34F3N3O5S/c1-5-17-34-29(38)22(3)35(19-23-11-13-26(41-4)14-12-23)28(37)20-36(25-8-6-7-24(18-25)30(31,32)33)42(39,40)27-15-9-21(2)10-16-27/h6-16,18,22H,5,17,19-20H2,1-4H3,(H,34,38). The average molecular weight is 606 g/mol. The summed E-state index contributed by atoms with van der Waals surface area (Å²) in [6, 6.07) is 15.3. The Hall–Kier alpha value is -4.06. The summed E-state index contributed by atoms with van der Waals surface area (Å²) in [5, 5.41) is 2.73. The van der Waals surface area contributed by atoms with E-state index in [1.807, 2.05) is 6.92 Å². The average Bonchev–Trinajstić information content (AvgIpc) is 2.97. The number of anilines is 1. The van der Waals surface area contributed by atoms with E-state index in [1.54, 1.807) is 43.3 Å². The van der Waals surface area contributed by atoms with E-state index in [0.29, 0.717) is 34.7 Å². The molecule has 226 valence electrons. The number of rotatable bonds is 12. The maximum Gasteiger partial charge on any atom is 0.416 e. The molecule has 0 aliphatic rings. The lowest BCUT2D eigenvalue weighted by Crippen LogP contribution is -2.51. The van der Waals surface area contributed by atoms with E-state index >= 15 is 0 Å². The fourth-order valence-corrected chi connectivity index (χ4v) is 5.52. The van der Waals surface area contributed by atoms with E-state index < -0.39 is 46.2 Å². The molecular formula is C30H34F3N3O5S. The molecule has 0 aliphatic carbocycles. The predicted molar refractivity (Wildman–Crippen MR) is 153 cm³/mol. The fourth-order valence-electron chi connectivity index (χ4n) is 4.11. The number of ether oxygens (including phenoxy) is 1. The first-order valence-electron chi connectivity index (χ1n) is 13.2. The Morgan fingerprint density at radius 2 is 1.64 bits per heavy atom. The van der Waals surface area contributed by atoms with E-state index in [2.05, 4.69) is 5.32 Å². The number of aryl methyl sites for hydroxylation is 1. The van der Waals surface area contributed by atoms with Gasteiger partial charge in [-0.3, -0.25) is 13.9 Å². The Kier molecular flexibility index (Phi) is 10.6. The molecular weight excluding hydrogens is 571 g/mol. The molecule has 3 aromatic carbocycles. The minimum atomic E-state index is -4.74. The van der Waals surface area contributed by atoms with Crippen LogP contribution in [0.3, 0.4) is 0 Å². The number of nitrogens with one attached hydrogen (secondary N) is 1. The number of halogens is 3. The second kappa shape index (κ2) is 13.7. The third kappa shape index (κ3) is 8.03. The number of carbonyl (C=O) groups is 2. The van der Waals surface area contributed by atoms with Gasteiger partial charge in [0.25, 0.3) is 10.0 Å². The lowest BCUT2D eigenvalue weighted by Gasteiger charge is -2.32. The monoisotopic (exact) mass is 605 g/mol. The van der Waals surface area contributed by atoms with Gasteiger partial charge >= 0.3 is 6.18 Å². The van der Waals surface area contributed by atoms with Crippen molar-refractivity contribution in [1.82, 2.24) is 10.2 Å². The van der Waals surface area contributed by atoms with Crippen LogP contribution in [0, 0.1) is 6.92 Å². The number of hydrogen-bond donors (Lipinski definition) is 1. The minimum absolute atomic E-state index is 0.0649. The molecule has 0 aromatic heterocycles. The molecule has 12 heteroatoms. The van der Waals surface area contributed by atoms with Crippen molar-refractivity contribution in [2.75, 3.05) is 24.5 Å². The zero-order chi connectivity index (χ0) is 31.1. The van der Waals surface area contributed by atoms with Crippen LogP contribution >= 0.6 is 0 Å². The van der Waals surface area contributed by atoms with Crippen LogP contribution in [0.15, 0.2) is 77.7 Å². The van der Waals surface area contributed by atoms with Crippen LogP contribution in [0.4, 0.5) is 18.9 Å². The number of sulfonamides is 1. The Morgan fingerprint density at radius 1 is 1.00 bits per heavy atom. The summed E-state index contributed by atoms with van der Waals surface area (Å²) in [4.78, 5) is 27.8. The van der Waals surface area contributed by atoms with Gasteiger partial charge in [-0.05, 0) is 68.3 Å². The maximum absolute atomic E-state index is 13.9. The van der Waals surface area contributed by atoms with E-state index in [-0.39, 0.29) is 17.1 Å². The maximum atomic E-state index is 13.9. The number of hydrogen-bond acceptors (Lipinski definition) is 5. The van der Waals surface area contributed by atoms with Gasteiger partial charge in [0.05, 0.1) is 23.3 Å². The number of amides is 2. The summed E-state index contributed by atoms with van der Waals surface area (Å²) < 4.78 is 74.2. The molecule has 0 saturated heterocycles. The summed E-state index contributed by atoms with van der Waals surface area (Å²) in [5.41, 5.74) is -0.00952. The van der Waals surface area contributed by atoms with E-state index in [4.69, 9.17) is 4.74 Å². The molecule has 1 atom stereocenters. The van der Waals surface area contributed by atoms with Gasteiger partial charge in [-0.1, -0.05) is 42.8 Å². The van der Waals surface area contributed by atoms with Gasteiger partial charge in [-0.15, -0.1) is 0 Å². The lowest BCUT2D eigenvalue weighted by molar-refractivity contribution is -0.139. The Balaban J connectivity index is 2.07. The van der Waals surface area contributed by atoms with Gasteiger partial charge in [-0.25, -0.2) is 8.42 Å². The zero-order valence-electron chi connectivity index (χ0n) is 23.8. The first-order valence-corrected chi connectivity index (χ1v) is 14.7. The second-order valence-corrected chi connectivity index (χ2v) is 11.6. The van der Waals surface area contributed by atoms with Crippen LogP contribution in [0.5, 0.6) is 5.75 Å². The molecule has 0 saturated carbocycles. The van der Waals surface area contributed by atoms with Crippen LogP contribution < -0.4 is 14.4 Å². The molecule has 0 aliphatic heterocycles. The van der Waals surface area contributed by atoms with Crippen LogP contribution in [-0.2, 0) is 32.3 Å². The third-order valence-corrected chi connectivity index (χ3v) is 8.37. The molecule has 0 radical (unpaired) electrons. The second-order valence-electron chi connectivity index (χ2n) is 9.71. The van der Waals surface area contributed by atoms with Gasteiger partial charge < -0.3 is 15.0 Å². The topological polar surface area (TPSA) is 96.0 Å². The highest BCUT2D eigenvalue weighted by Gasteiger charge is 2.35. The summed E-state index contributed by atoms with van der Waals surface area (Å²) in [7, 11) is -3.00. The van der Waals surface area contributed by atoms with Gasteiger partial charge in [0, 0.05) is 13.1 Å². The van der Waals surface area contributed by atoms with Crippen LogP contribution in [0.1, 0.15) is 37.0 Å². The van der Waals surface area contributed by atoms with Gasteiger partial charge in [0.1, 0.15) is 18.3 Å². The quantitative estimate of drug-likeness (QED) is 0.308. The molecule has 1 N–H and O–H groups in total. The van der Waals surface area contributed by atoms with E-state index in [0.717, 1.165) is 17.7 Å². The molecule has 0 heterocycles. The van der Waals surface area contributed by atoms with Crippen LogP contribution in [0.2, 0.25) is 0 Å². The predicted octanol–water partition coefficient (Wildman–Crippen LogP) is 5.16. The number of carbonyl (C=O) groups excluding carboxylic acids is 2. The highest BCUT2D eigenvalue weighted by Crippen LogP contribution is 2.33. The molecule has 1 unspecified atom stereocenters. The minimum Gasteiger partial charge on any atom is -0.497 e. The molecule has 0 spiro atoms. The molecule has 3 rings (SSSR count). The van der Waals surface area contributed by atoms with Crippen molar-refractivity contribution in [1.29, 1.82) is 0 Å². The number of nitrogens with zero attached hydrogens (tertiary/aromatic N) is 2. The van der Waals surface area contributed by atoms with Crippen molar-refractivity contribution in [2.45, 2.75) is 50.9 Å². The first kappa shape index (κ1) is 32.5. The van der Waals surface area contributed by atoms with Crippen molar-refractivity contribution in [3.05, 3.63) is 89.5 Å². The number of alkyl halides is 3. The highest BCUT2D eigenvalue weighted by molar-refractivity contribution is 7.92. The molecule has 2 amide bonds. The third-order valence-electron chi connectivity index (χ3n) is 6.58. The first-order chi connectivity index (χ1) is 19.8. The van der Waals surface area contributed by atoms with Gasteiger partial charge in [0.2, 0.25) is 11.8 Å². The molecule has 42 heavy (non-hydrogen) atoms. The summed E-state index contributed by atoms with van der Waals surface area (Å²) >= 11 is 0. The highest BCUT2D eigenvalue weighted by atomic mass is 32.2. The van der Waals surface area contributed by atoms with Crippen LogP contribution in [0.25, 0.3) is 0 Å². The SMILES string of the molecule is CCCNC(=O)C(C)N(Cc1ccc(OC)cc1)C(=O)CN(c1cccc(C(F)(F)F)c1)S(=O)(=O)c1ccc(C)cc1. The zero-order valence-corrected chi connectivity index (χ0v) is 24.6. The normalized spacial score (nSPS) is 12.4. The smallest absolute Gasteiger partial charge is 0.416 e. The van der Waals surface area contributed by atoms with Crippen molar-refractivity contribution in [3.63, 3.8) is 0 Å². The Labute approximate surface area is 244 Å². The van der Waals surface area contributed by atoms with Crippen molar-refractivity contribution < 1.29 is 35.9 Å². The van der Waals surface area contributed by atoms with E-state index in [9.17, 15) is 31.2 Å². The van der Waals surface area contributed by atoms with Crippen molar-refractivity contribution in [3.8, 4) is 5.75 Å². The number of benzene rings is 3. The van der Waals surface area contributed by atoms with Crippen LogP contribution in [-0.4, -0.2) is 51.4 Å². The Bertz CT molecular complexity index is 1480. The molecule has 3 aromatic rings. The largest absolute Gasteiger partial charge is 0.497 e. The van der Waals surface area contributed by atoms with E-state index in [1.165, 1.54) is 37.1 Å². The van der Waals surface area contributed by atoms with Gasteiger partial charge in [-0.2, -0.15) is 13.2 Å². The molecule has 0 fully saturated rings. The van der Waals surface area contributed by atoms with Gasteiger partial charge in [0.15, 0.2) is 0 Å². The summed E-state index contributed by atoms with van der Waals surface area (Å²) in [6.07, 6.45) is -4.09. The molecule has 8 nitrogen and oxygen atoms in total. The Morgan fingerprint density at radius 3 is 2.21 bits per heavy atom. The lowest BCUT2D eigenvalue weighted by atomic mass is 10.1.